The highest BCUT2D eigenvalue weighted by molar-refractivity contribution is 9.10. The Bertz CT molecular complexity index is 583. The standard InChI is InChI=1S/C13H17BrFN3O/c1-8(2)7-19-4-3-18-12-5-9(14)10(15)6-11(12)17-13(18)16/h5-6,8H,3-4,7H2,1-2H3,(H2,16,17). The summed E-state index contributed by atoms with van der Waals surface area (Å²) in [5.74, 6) is 0.536. The van der Waals surface area contributed by atoms with Crippen molar-refractivity contribution >= 4 is 32.9 Å². The van der Waals surface area contributed by atoms with E-state index in [0.29, 0.717) is 41.6 Å². The molecule has 6 heteroatoms. The van der Waals surface area contributed by atoms with Crippen LogP contribution in [0.3, 0.4) is 0 Å². The number of hydrogen-bond donors (Lipinski definition) is 1. The maximum absolute atomic E-state index is 13.4. The SMILES string of the molecule is CC(C)COCCn1c(N)nc2cc(F)c(Br)cc21. The van der Waals surface area contributed by atoms with Crippen LogP contribution in [0.5, 0.6) is 0 Å². The highest BCUT2D eigenvalue weighted by Crippen LogP contribution is 2.25. The van der Waals surface area contributed by atoms with Crippen molar-refractivity contribution in [2.45, 2.75) is 20.4 Å². The van der Waals surface area contributed by atoms with E-state index in [0.717, 1.165) is 5.52 Å². The molecule has 0 aliphatic rings. The Morgan fingerprint density at radius 3 is 2.89 bits per heavy atom. The zero-order valence-corrected chi connectivity index (χ0v) is 12.6. The number of rotatable bonds is 5. The number of benzene rings is 1. The van der Waals surface area contributed by atoms with Gasteiger partial charge in [-0.2, -0.15) is 0 Å². The molecule has 0 fully saturated rings. The molecule has 0 saturated heterocycles. The molecule has 19 heavy (non-hydrogen) atoms. The largest absolute Gasteiger partial charge is 0.379 e. The molecular weight excluding hydrogens is 313 g/mol. The fourth-order valence-electron chi connectivity index (χ4n) is 1.85. The predicted octanol–water partition coefficient (Wildman–Crippen LogP) is 3.19. The van der Waals surface area contributed by atoms with Gasteiger partial charge in [0.2, 0.25) is 5.95 Å². The normalized spacial score (nSPS) is 11.6. The van der Waals surface area contributed by atoms with E-state index in [4.69, 9.17) is 10.5 Å². The molecule has 0 aliphatic heterocycles. The second-order valence-corrected chi connectivity index (χ2v) is 5.70. The third-order valence-corrected chi connectivity index (χ3v) is 3.34. The molecule has 2 aromatic rings. The van der Waals surface area contributed by atoms with Crippen LogP contribution in [0.1, 0.15) is 13.8 Å². The van der Waals surface area contributed by atoms with Crippen LogP contribution in [-0.4, -0.2) is 22.8 Å². The predicted molar refractivity (Wildman–Crippen MR) is 77.5 cm³/mol. The lowest BCUT2D eigenvalue weighted by Gasteiger charge is -2.09. The molecule has 0 unspecified atom stereocenters. The molecule has 0 amide bonds. The van der Waals surface area contributed by atoms with Gasteiger partial charge in [0.25, 0.3) is 0 Å². The van der Waals surface area contributed by atoms with Crippen LogP contribution < -0.4 is 5.73 Å². The van der Waals surface area contributed by atoms with Gasteiger partial charge in [0.05, 0.1) is 22.1 Å². The van der Waals surface area contributed by atoms with Crippen LogP contribution in [0.15, 0.2) is 16.6 Å². The zero-order chi connectivity index (χ0) is 14.0. The maximum Gasteiger partial charge on any atom is 0.201 e. The van der Waals surface area contributed by atoms with Crippen LogP contribution in [0.25, 0.3) is 11.0 Å². The van der Waals surface area contributed by atoms with E-state index in [2.05, 4.69) is 34.8 Å². The summed E-state index contributed by atoms with van der Waals surface area (Å²) in [6.07, 6.45) is 0. The minimum absolute atomic E-state index is 0.340. The van der Waals surface area contributed by atoms with Crippen LogP contribution in [-0.2, 0) is 11.3 Å². The molecule has 0 spiro atoms. The Labute approximate surface area is 119 Å². The fraction of sp³-hybridized carbons (Fsp3) is 0.462. The Hall–Kier alpha value is -1.14. The van der Waals surface area contributed by atoms with Gasteiger partial charge in [-0.15, -0.1) is 0 Å². The van der Waals surface area contributed by atoms with Gasteiger partial charge in [-0.05, 0) is 27.9 Å². The molecule has 0 aliphatic carbocycles. The topological polar surface area (TPSA) is 53.1 Å². The van der Waals surface area contributed by atoms with E-state index in [1.54, 1.807) is 6.07 Å². The van der Waals surface area contributed by atoms with E-state index < -0.39 is 0 Å². The number of ether oxygens (including phenoxy) is 1. The first-order valence-corrected chi connectivity index (χ1v) is 6.97. The van der Waals surface area contributed by atoms with E-state index in [1.165, 1.54) is 6.07 Å². The number of fused-ring (bicyclic) bond motifs is 1. The summed E-state index contributed by atoms with van der Waals surface area (Å²) in [4.78, 5) is 4.15. The van der Waals surface area contributed by atoms with Crippen LogP contribution in [0.2, 0.25) is 0 Å². The molecule has 4 nitrogen and oxygen atoms in total. The average Bonchev–Trinajstić information content (AvgIpc) is 2.61. The van der Waals surface area contributed by atoms with Crippen molar-refractivity contribution in [3.8, 4) is 0 Å². The Morgan fingerprint density at radius 1 is 1.47 bits per heavy atom. The molecule has 2 N–H and O–H groups in total. The molecule has 0 radical (unpaired) electrons. The average molecular weight is 330 g/mol. The van der Waals surface area contributed by atoms with Crippen molar-refractivity contribution in [2.24, 2.45) is 5.92 Å². The summed E-state index contributed by atoms with van der Waals surface area (Å²) in [6, 6.07) is 3.07. The third kappa shape index (κ3) is 3.25. The lowest BCUT2D eigenvalue weighted by Crippen LogP contribution is -2.11. The first-order chi connectivity index (χ1) is 8.99. The molecule has 1 heterocycles. The zero-order valence-electron chi connectivity index (χ0n) is 11.0. The summed E-state index contributed by atoms with van der Waals surface area (Å²) in [5.41, 5.74) is 7.22. The Balaban J connectivity index is 2.18. The summed E-state index contributed by atoms with van der Waals surface area (Å²) in [7, 11) is 0. The van der Waals surface area contributed by atoms with Crippen molar-refractivity contribution in [1.29, 1.82) is 0 Å². The first kappa shape index (κ1) is 14.3. The van der Waals surface area contributed by atoms with Gasteiger partial charge >= 0.3 is 0 Å². The van der Waals surface area contributed by atoms with Crippen molar-refractivity contribution < 1.29 is 9.13 Å². The molecule has 2 rings (SSSR count). The van der Waals surface area contributed by atoms with E-state index >= 15 is 0 Å². The molecule has 0 saturated carbocycles. The number of hydrogen-bond acceptors (Lipinski definition) is 3. The number of halogens is 2. The van der Waals surface area contributed by atoms with E-state index in [-0.39, 0.29) is 5.82 Å². The van der Waals surface area contributed by atoms with E-state index in [1.807, 2.05) is 4.57 Å². The van der Waals surface area contributed by atoms with Crippen LogP contribution in [0, 0.1) is 11.7 Å². The smallest absolute Gasteiger partial charge is 0.201 e. The monoisotopic (exact) mass is 329 g/mol. The minimum atomic E-state index is -0.340. The number of anilines is 1. The quantitative estimate of drug-likeness (QED) is 0.857. The Kier molecular flexibility index (Phi) is 4.42. The summed E-state index contributed by atoms with van der Waals surface area (Å²) < 4.78 is 21.2. The van der Waals surface area contributed by atoms with Crippen molar-refractivity contribution in [1.82, 2.24) is 9.55 Å². The van der Waals surface area contributed by atoms with Gasteiger partial charge in [-0.1, -0.05) is 13.8 Å². The van der Waals surface area contributed by atoms with Gasteiger partial charge in [-0.3, -0.25) is 0 Å². The lowest BCUT2D eigenvalue weighted by atomic mass is 10.2. The van der Waals surface area contributed by atoms with E-state index in [9.17, 15) is 4.39 Å². The van der Waals surface area contributed by atoms with Gasteiger partial charge < -0.3 is 15.0 Å². The van der Waals surface area contributed by atoms with Crippen LogP contribution in [0.4, 0.5) is 10.3 Å². The van der Waals surface area contributed by atoms with Crippen molar-refractivity contribution in [3.05, 3.63) is 22.4 Å². The third-order valence-electron chi connectivity index (χ3n) is 2.73. The molecular formula is C13H17BrFN3O. The Morgan fingerprint density at radius 2 is 2.21 bits per heavy atom. The van der Waals surface area contributed by atoms with Gasteiger partial charge in [0.1, 0.15) is 5.82 Å². The maximum atomic E-state index is 13.4. The van der Waals surface area contributed by atoms with Gasteiger partial charge in [0, 0.05) is 19.2 Å². The van der Waals surface area contributed by atoms with Crippen LogP contribution >= 0.6 is 15.9 Å². The molecule has 1 aromatic heterocycles. The number of imidazole rings is 1. The van der Waals surface area contributed by atoms with Crippen molar-refractivity contribution in [2.75, 3.05) is 18.9 Å². The summed E-state index contributed by atoms with van der Waals surface area (Å²) in [6.45, 7) is 6.07. The fourth-order valence-corrected chi connectivity index (χ4v) is 2.18. The second-order valence-electron chi connectivity index (χ2n) is 4.85. The van der Waals surface area contributed by atoms with Gasteiger partial charge in [0.15, 0.2) is 0 Å². The molecule has 0 bridgehead atoms. The molecule has 0 atom stereocenters. The lowest BCUT2D eigenvalue weighted by molar-refractivity contribution is 0.104. The highest BCUT2D eigenvalue weighted by atomic mass is 79.9. The molecule has 104 valence electrons. The minimum Gasteiger partial charge on any atom is -0.379 e. The number of nitrogens with two attached hydrogens (primary N) is 1. The number of aromatic nitrogens is 2. The number of nitrogens with zero attached hydrogens (tertiary/aromatic N) is 2. The molecule has 1 aromatic carbocycles. The second kappa shape index (κ2) is 5.88. The van der Waals surface area contributed by atoms with Gasteiger partial charge in [-0.25, -0.2) is 9.37 Å². The number of nitrogen functional groups attached to an aromatic ring is 1. The first-order valence-electron chi connectivity index (χ1n) is 6.17. The summed E-state index contributed by atoms with van der Waals surface area (Å²) in [5, 5.41) is 0. The summed E-state index contributed by atoms with van der Waals surface area (Å²) >= 11 is 3.17. The van der Waals surface area contributed by atoms with Crippen molar-refractivity contribution in [3.63, 3.8) is 0 Å². The highest BCUT2D eigenvalue weighted by Gasteiger charge is 2.11.